The molecule has 0 amide bonds. The molecule has 2 aromatic heterocycles. The van der Waals surface area contributed by atoms with Crippen molar-refractivity contribution in [3.63, 3.8) is 0 Å². The normalized spacial score (nSPS) is 10.8. The van der Waals surface area contributed by atoms with Crippen LogP contribution < -0.4 is 5.73 Å². The Hall–Kier alpha value is -2.56. The Labute approximate surface area is 110 Å². The first-order valence-corrected chi connectivity index (χ1v) is 5.96. The lowest BCUT2D eigenvalue weighted by molar-refractivity contribution is 1.04. The average Bonchev–Trinajstić information content (AvgIpc) is 2.39. The monoisotopic (exact) mass is 251 g/mol. The summed E-state index contributed by atoms with van der Waals surface area (Å²) < 4.78 is 0. The zero-order valence-electron chi connectivity index (χ0n) is 10.8. The summed E-state index contributed by atoms with van der Waals surface area (Å²) in [6.07, 6.45) is 3.65. The summed E-state index contributed by atoms with van der Waals surface area (Å²) in [5.41, 5.74) is 11.5. The summed E-state index contributed by atoms with van der Waals surface area (Å²) in [5.74, 6) is 0.192. The molecule has 0 spiro atoms. The van der Waals surface area contributed by atoms with E-state index in [0.29, 0.717) is 0 Å². The van der Waals surface area contributed by atoms with Crippen LogP contribution in [0.3, 0.4) is 0 Å². The van der Waals surface area contributed by atoms with E-state index in [9.17, 15) is 0 Å². The van der Waals surface area contributed by atoms with Crippen molar-refractivity contribution in [2.24, 2.45) is 0 Å². The van der Waals surface area contributed by atoms with Crippen molar-refractivity contribution in [2.75, 3.05) is 5.73 Å². The Morgan fingerprint density at radius 2 is 1.79 bits per heavy atom. The summed E-state index contributed by atoms with van der Waals surface area (Å²) in [4.78, 5) is 8.37. The lowest BCUT2D eigenvalue weighted by atomic mass is 9.98. The van der Waals surface area contributed by atoms with Crippen molar-refractivity contribution in [2.45, 2.75) is 13.8 Å². The number of nitrogens with two attached hydrogens (primary N) is 1. The number of hydrogen-bond donors (Lipinski definition) is 1. The summed E-state index contributed by atoms with van der Waals surface area (Å²) in [6, 6.07) is 5.95. The second kappa shape index (κ2) is 4.28. The molecule has 0 bridgehead atoms. The van der Waals surface area contributed by atoms with E-state index < -0.39 is 0 Å². The molecule has 0 saturated heterocycles. The zero-order chi connectivity index (χ0) is 13.4. The van der Waals surface area contributed by atoms with Crippen LogP contribution in [-0.4, -0.2) is 20.2 Å². The number of hydrogen-bond acceptors (Lipinski definition) is 5. The van der Waals surface area contributed by atoms with Gasteiger partial charge in [-0.2, -0.15) is 0 Å². The van der Waals surface area contributed by atoms with Gasteiger partial charge in [0.15, 0.2) is 0 Å². The van der Waals surface area contributed by atoms with Gasteiger partial charge in [0, 0.05) is 18.0 Å². The van der Waals surface area contributed by atoms with Crippen LogP contribution in [0.1, 0.15) is 11.1 Å². The molecule has 1 aromatic carbocycles. The standard InChI is InChI=1S/C14H13N5/c1-8-3-4-16-7-11(8)10-6-13-12(5-9(10)2)17-14(15)19-18-13/h3-7H,1-2H3,(H2,15,17,19). The van der Waals surface area contributed by atoms with Crippen LogP contribution in [0.4, 0.5) is 5.95 Å². The molecule has 2 N–H and O–H groups in total. The largest absolute Gasteiger partial charge is 0.366 e. The zero-order valence-corrected chi connectivity index (χ0v) is 10.8. The molecule has 3 aromatic rings. The molecule has 0 radical (unpaired) electrons. The minimum absolute atomic E-state index is 0.192. The third-order valence-electron chi connectivity index (χ3n) is 3.15. The SMILES string of the molecule is Cc1ccncc1-c1cc2nnc(N)nc2cc1C. The van der Waals surface area contributed by atoms with Gasteiger partial charge in [0.25, 0.3) is 0 Å². The van der Waals surface area contributed by atoms with E-state index >= 15 is 0 Å². The predicted octanol–water partition coefficient (Wildman–Crippen LogP) is 2.29. The van der Waals surface area contributed by atoms with Gasteiger partial charge in [-0.3, -0.25) is 4.98 Å². The Balaban J connectivity index is 2.28. The third kappa shape index (κ3) is 1.99. The van der Waals surface area contributed by atoms with Crippen molar-refractivity contribution in [3.8, 4) is 11.1 Å². The maximum atomic E-state index is 5.55. The topological polar surface area (TPSA) is 77.6 Å². The number of nitrogens with zero attached hydrogens (tertiary/aromatic N) is 4. The smallest absolute Gasteiger partial charge is 0.240 e. The van der Waals surface area contributed by atoms with Crippen LogP contribution in [-0.2, 0) is 0 Å². The number of aryl methyl sites for hydroxylation is 2. The summed E-state index contributed by atoms with van der Waals surface area (Å²) >= 11 is 0. The highest BCUT2D eigenvalue weighted by molar-refractivity contribution is 5.84. The second-order valence-corrected chi connectivity index (χ2v) is 4.52. The predicted molar refractivity (Wildman–Crippen MR) is 74.5 cm³/mol. The van der Waals surface area contributed by atoms with E-state index in [2.05, 4.69) is 27.1 Å². The molecular formula is C14H13N5. The van der Waals surface area contributed by atoms with E-state index in [0.717, 1.165) is 27.7 Å². The maximum absolute atomic E-state index is 5.55. The van der Waals surface area contributed by atoms with Gasteiger partial charge < -0.3 is 5.73 Å². The molecular weight excluding hydrogens is 238 g/mol. The van der Waals surface area contributed by atoms with E-state index in [1.165, 1.54) is 5.56 Å². The molecule has 0 aliphatic heterocycles. The van der Waals surface area contributed by atoms with Gasteiger partial charge in [-0.05, 0) is 48.7 Å². The number of nitrogen functional groups attached to an aromatic ring is 1. The second-order valence-electron chi connectivity index (χ2n) is 4.52. The molecule has 94 valence electrons. The van der Waals surface area contributed by atoms with E-state index in [1.807, 2.05) is 31.3 Å². The summed E-state index contributed by atoms with van der Waals surface area (Å²) in [7, 11) is 0. The summed E-state index contributed by atoms with van der Waals surface area (Å²) in [6.45, 7) is 4.10. The Kier molecular flexibility index (Phi) is 2.59. The highest BCUT2D eigenvalue weighted by Gasteiger charge is 2.09. The minimum atomic E-state index is 0.192. The number of anilines is 1. The fourth-order valence-electron chi connectivity index (χ4n) is 2.14. The van der Waals surface area contributed by atoms with Gasteiger partial charge >= 0.3 is 0 Å². The van der Waals surface area contributed by atoms with Gasteiger partial charge in [0.2, 0.25) is 5.95 Å². The fourth-order valence-corrected chi connectivity index (χ4v) is 2.14. The first kappa shape index (κ1) is 11.5. The molecule has 0 unspecified atom stereocenters. The third-order valence-corrected chi connectivity index (χ3v) is 3.15. The molecule has 2 heterocycles. The lowest BCUT2D eigenvalue weighted by Gasteiger charge is -2.09. The molecule has 0 fully saturated rings. The van der Waals surface area contributed by atoms with Crippen molar-refractivity contribution >= 4 is 17.0 Å². The highest BCUT2D eigenvalue weighted by atomic mass is 15.2. The fraction of sp³-hybridized carbons (Fsp3) is 0.143. The molecule has 0 atom stereocenters. The molecule has 3 rings (SSSR count). The summed E-state index contributed by atoms with van der Waals surface area (Å²) in [5, 5.41) is 7.88. The lowest BCUT2D eigenvalue weighted by Crippen LogP contribution is -1.98. The molecule has 0 aliphatic carbocycles. The highest BCUT2D eigenvalue weighted by Crippen LogP contribution is 2.28. The first-order valence-electron chi connectivity index (χ1n) is 5.96. The quantitative estimate of drug-likeness (QED) is 0.718. The van der Waals surface area contributed by atoms with Gasteiger partial charge in [0.05, 0.1) is 5.52 Å². The minimum Gasteiger partial charge on any atom is -0.366 e. The molecule has 19 heavy (non-hydrogen) atoms. The Bertz CT molecular complexity index is 767. The van der Waals surface area contributed by atoms with Crippen LogP contribution in [0.2, 0.25) is 0 Å². The average molecular weight is 251 g/mol. The molecule has 5 heteroatoms. The molecule has 5 nitrogen and oxygen atoms in total. The first-order chi connectivity index (χ1) is 9.15. The van der Waals surface area contributed by atoms with Crippen LogP contribution in [0.25, 0.3) is 22.2 Å². The van der Waals surface area contributed by atoms with Crippen molar-refractivity contribution in [1.82, 2.24) is 20.2 Å². The van der Waals surface area contributed by atoms with Crippen LogP contribution >= 0.6 is 0 Å². The number of pyridine rings is 1. The van der Waals surface area contributed by atoms with Gasteiger partial charge in [-0.1, -0.05) is 0 Å². The van der Waals surface area contributed by atoms with Crippen LogP contribution in [0.5, 0.6) is 0 Å². The maximum Gasteiger partial charge on any atom is 0.240 e. The Morgan fingerprint density at radius 3 is 2.58 bits per heavy atom. The van der Waals surface area contributed by atoms with Crippen LogP contribution in [0, 0.1) is 13.8 Å². The number of fused-ring (bicyclic) bond motifs is 1. The van der Waals surface area contributed by atoms with E-state index in [4.69, 9.17) is 5.73 Å². The van der Waals surface area contributed by atoms with Gasteiger partial charge in [-0.25, -0.2) is 4.98 Å². The number of benzene rings is 1. The van der Waals surface area contributed by atoms with Gasteiger partial charge in [0.1, 0.15) is 5.52 Å². The molecule has 0 saturated carbocycles. The van der Waals surface area contributed by atoms with Gasteiger partial charge in [-0.15, -0.1) is 10.2 Å². The van der Waals surface area contributed by atoms with E-state index in [1.54, 1.807) is 6.20 Å². The van der Waals surface area contributed by atoms with E-state index in [-0.39, 0.29) is 5.95 Å². The van der Waals surface area contributed by atoms with Crippen molar-refractivity contribution < 1.29 is 0 Å². The molecule has 0 aliphatic rings. The van der Waals surface area contributed by atoms with Crippen molar-refractivity contribution in [1.29, 1.82) is 0 Å². The van der Waals surface area contributed by atoms with Crippen molar-refractivity contribution in [3.05, 3.63) is 41.7 Å². The number of aromatic nitrogens is 4. The van der Waals surface area contributed by atoms with Crippen LogP contribution in [0.15, 0.2) is 30.6 Å². The Morgan fingerprint density at radius 1 is 0.947 bits per heavy atom. The number of rotatable bonds is 1.